The monoisotopic (exact) mass is 550 g/mol. The number of benzene rings is 6. The van der Waals surface area contributed by atoms with E-state index in [1.165, 1.54) is 76.3 Å². The highest BCUT2D eigenvalue weighted by molar-refractivity contribution is 6.10. The highest BCUT2D eigenvalue weighted by atomic mass is 16.3. The number of furan rings is 1. The molecular formula is C42H30O. The number of allylic oxidation sites excluding steroid dienone is 1. The molecule has 9 rings (SSSR count). The molecule has 0 amide bonds. The Balaban J connectivity index is 1.34. The lowest BCUT2D eigenvalue weighted by Gasteiger charge is -2.18. The Kier molecular flexibility index (Phi) is 5.52. The molecule has 0 bridgehead atoms. The average molecular weight is 551 g/mol. The zero-order valence-corrected chi connectivity index (χ0v) is 23.9. The quantitative estimate of drug-likeness (QED) is 0.213. The minimum atomic E-state index is 1.01. The summed E-state index contributed by atoms with van der Waals surface area (Å²) < 4.78 is 6.62. The first-order chi connectivity index (χ1) is 21.3. The van der Waals surface area contributed by atoms with E-state index in [1.54, 1.807) is 0 Å². The maximum absolute atomic E-state index is 6.62. The predicted octanol–water partition coefficient (Wildman–Crippen LogP) is 10.1. The molecule has 1 heterocycles. The van der Waals surface area contributed by atoms with Crippen LogP contribution in [0.5, 0.6) is 0 Å². The molecule has 1 nitrogen and oxygen atoms in total. The molecule has 2 aliphatic carbocycles. The maximum atomic E-state index is 6.62. The fourth-order valence-electron chi connectivity index (χ4n) is 7.47. The van der Waals surface area contributed by atoms with Gasteiger partial charge in [-0.3, -0.25) is 0 Å². The van der Waals surface area contributed by atoms with Crippen LogP contribution in [0.25, 0.3) is 84.1 Å². The van der Waals surface area contributed by atoms with E-state index in [0.29, 0.717) is 0 Å². The molecule has 1 heteroatoms. The molecule has 0 saturated heterocycles. The van der Waals surface area contributed by atoms with Gasteiger partial charge in [0.25, 0.3) is 0 Å². The maximum Gasteiger partial charge on any atom is 0.142 e. The van der Waals surface area contributed by atoms with Gasteiger partial charge in [0.05, 0.1) is 0 Å². The van der Waals surface area contributed by atoms with E-state index in [-0.39, 0.29) is 0 Å². The average Bonchev–Trinajstić information content (AvgIpc) is 3.46. The summed E-state index contributed by atoms with van der Waals surface area (Å²) in [5, 5.41) is 9.03. The van der Waals surface area contributed by atoms with Gasteiger partial charge < -0.3 is 4.42 Å². The van der Waals surface area contributed by atoms with Crippen LogP contribution in [-0.2, 0) is 6.42 Å². The van der Waals surface area contributed by atoms with E-state index >= 15 is 0 Å². The van der Waals surface area contributed by atoms with Gasteiger partial charge in [-0.2, -0.15) is 0 Å². The zero-order valence-electron chi connectivity index (χ0n) is 23.9. The summed E-state index contributed by atoms with van der Waals surface area (Å²) in [4.78, 5) is 0. The minimum absolute atomic E-state index is 1.01. The summed E-state index contributed by atoms with van der Waals surface area (Å²) in [6, 6.07) is 40.1. The molecule has 0 unspecified atom stereocenters. The van der Waals surface area contributed by atoms with Gasteiger partial charge in [0.1, 0.15) is 11.3 Å². The predicted molar refractivity (Wildman–Crippen MR) is 182 cm³/mol. The van der Waals surface area contributed by atoms with Crippen molar-refractivity contribution in [2.24, 2.45) is 0 Å². The third kappa shape index (κ3) is 3.78. The molecular weight excluding hydrogens is 520 g/mol. The van der Waals surface area contributed by atoms with Gasteiger partial charge in [-0.05, 0) is 92.1 Å². The first-order valence-corrected chi connectivity index (χ1v) is 15.4. The van der Waals surface area contributed by atoms with Crippen molar-refractivity contribution in [3.8, 4) is 33.4 Å². The van der Waals surface area contributed by atoms with Crippen molar-refractivity contribution in [3.05, 3.63) is 137 Å². The number of rotatable bonds is 3. The molecule has 1 aromatic heterocycles. The fraction of sp³-hybridized carbons (Fsp3) is 0.0952. The summed E-state index contributed by atoms with van der Waals surface area (Å²) in [5.41, 5.74) is 9.93. The van der Waals surface area contributed by atoms with Crippen LogP contribution in [0.3, 0.4) is 0 Å². The van der Waals surface area contributed by atoms with E-state index in [2.05, 4.69) is 133 Å². The number of hydrogen-bond acceptors (Lipinski definition) is 1. The molecule has 7 aromatic rings. The van der Waals surface area contributed by atoms with E-state index in [1.807, 2.05) is 0 Å². The SMILES string of the molecule is C1=Cc2oc3c(-c4c5c(c(-c6cccc(-c7cccc8ccccc78)c6)c6ccccc46)=CCCC=5)cccc3c2CC1. The van der Waals surface area contributed by atoms with Gasteiger partial charge in [0.2, 0.25) is 0 Å². The molecule has 6 aromatic carbocycles. The lowest BCUT2D eigenvalue weighted by molar-refractivity contribution is 0.596. The topological polar surface area (TPSA) is 13.1 Å². The molecule has 0 saturated carbocycles. The van der Waals surface area contributed by atoms with E-state index in [0.717, 1.165) is 37.0 Å². The second kappa shape index (κ2) is 9.71. The van der Waals surface area contributed by atoms with Crippen LogP contribution in [0.1, 0.15) is 30.6 Å². The van der Waals surface area contributed by atoms with Crippen molar-refractivity contribution in [2.45, 2.75) is 25.7 Å². The van der Waals surface area contributed by atoms with Gasteiger partial charge in [-0.25, -0.2) is 0 Å². The van der Waals surface area contributed by atoms with Gasteiger partial charge in [-0.15, -0.1) is 0 Å². The molecule has 0 aliphatic heterocycles. The standard InChI is InChI=1S/C42H30O/c1-2-16-30-27(12-1)13-10-22-31(30)28-14-9-15-29(26-28)40-33-18-3-5-20-35(33)41(36-21-6-4-19-34(36)40)38-24-11-23-37-32-17-7-8-25-39(32)43-42(37)38/h1-3,5,8-16,18-26H,4,6-7,17H2. The van der Waals surface area contributed by atoms with Crippen molar-refractivity contribution in [2.75, 3.05) is 0 Å². The van der Waals surface area contributed by atoms with Crippen LogP contribution in [0.15, 0.2) is 120 Å². The number of aryl methyl sites for hydroxylation is 1. The first kappa shape index (κ1) is 24.5. The van der Waals surface area contributed by atoms with E-state index in [4.69, 9.17) is 4.42 Å². The molecule has 43 heavy (non-hydrogen) atoms. The van der Waals surface area contributed by atoms with Crippen molar-refractivity contribution in [1.82, 2.24) is 0 Å². The molecule has 2 aliphatic rings. The first-order valence-electron chi connectivity index (χ1n) is 15.4. The number of fused-ring (bicyclic) bond motifs is 6. The lowest BCUT2D eigenvalue weighted by Crippen LogP contribution is -2.31. The molecule has 0 N–H and O–H groups in total. The van der Waals surface area contributed by atoms with Gasteiger partial charge in [0, 0.05) is 22.1 Å². The Bertz CT molecular complexity index is 2390. The van der Waals surface area contributed by atoms with Crippen LogP contribution < -0.4 is 10.4 Å². The number of para-hydroxylation sites is 1. The summed E-state index contributed by atoms with van der Waals surface area (Å²) in [7, 11) is 0. The van der Waals surface area contributed by atoms with Gasteiger partial charge in [-0.1, -0.05) is 121 Å². The lowest BCUT2D eigenvalue weighted by atomic mass is 9.85. The highest BCUT2D eigenvalue weighted by Gasteiger charge is 2.21. The molecule has 0 spiro atoms. The van der Waals surface area contributed by atoms with Crippen LogP contribution in [-0.4, -0.2) is 0 Å². The largest absolute Gasteiger partial charge is 0.456 e. The van der Waals surface area contributed by atoms with Gasteiger partial charge in [0.15, 0.2) is 0 Å². The van der Waals surface area contributed by atoms with Crippen molar-refractivity contribution in [1.29, 1.82) is 0 Å². The normalized spacial score (nSPS) is 14.0. The zero-order chi connectivity index (χ0) is 28.3. The Labute approximate surface area is 250 Å². The third-order valence-electron chi connectivity index (χ3n) is 9.36. The summed E-state index contributed by atoms with van der Waals surface area (Å²) in [6.45, 7) is 0. The third-order valence-corrected chi connectivity index (χ3v) is 9.36. The molecule has 204 valence electrons. The highest BCUT2D eigenvalue weighted by Crippen LogP contribution is 2.40. The Morgan fingerprint density at radius 2 is 1.16 bits per heavy atom. The second-order valence-corrected chi connectivity index (χ2v) is 11.8. The van der Waals surface area contributed by atoms with Crippen LogP contribution >= 0.6 is 0 Å². The van der Waals surface area contributed by atoms with Crippen molar-refractivity contribution >= 4 is 50.7 Å². The Morgan fingerprint density at radius 1 is 0.512 bits per heavy atom. The minimum Gasteiger partial charge on any atom is -0.456 e. The Morgan fingerprint density at radius 3 is 2.05 bits per heavy atom. The molecule has 0 radical (unpaired) electrons. The van der Waals surface area contributed by atoms with Crippen LogP contribution in [0.2, 0.25) is 0 Å². The fourth-order valence-corrected chi connectivity index (χ4v) is 7.47. The van der Waals surface area contributed by atoms with Crippen LogP contribution in [0, 0.1) is 0 Å². The van der Waals surface area contributed by atoms with Crippen molar-refractivity contribution < 1.29 is 4.42 Å². The molecule has 0 fully saturated rings. The van der Waals surface area contributed by atoms with Gasteiger partial charge >= 0.3 is 0 Å². The van der Waals surface area contributed by atoms with E-state index in [9.17, 15) is 0 Å². The summed E-state index contributed by atoms with van der Waals surface area (Å²) >= 11 is 0. The Hall–Kier alpha value is -5.14. The van der Waals surface area contributed by atoms with Crippen molar-refractivity contribution in [3.63, 3.8) is 0 Å². The molecule has 0 atom stereocenters. The van der Waals surface area contributed by atoms with E-state index < -0.39 is 0 Å². The van der Waals surface area contributed by atoms with Crippen LogP contribution in [0.4, 0.5) is 0 Å². The summed E-state index contributed by atoms with van der Waals surface area (Å²) in [5.74, 6) is 1.02. The second-order valence-electron chi connectivity index (χ2n) is 11.8. The number of hydrogen-bond donors (Lipinski definition) is 0. The smallest absolute Gasteiger partial charge is 0.142 e. The summed E-state index contributed by atoms with van der Waals surface area (Å²) in [6.07, 6.45) is 13.5.